The van der Waals surface area contributed by atoms with Gasteiger partial charge in [0.2, 0.25) is 0 Å². The van der Waals surface area contributed by atoms with Crippen molar-refractivity contribution < 1.29 is 4.79 Å². The summed E-state index contributed by atoms with van der Waals surface area (Å²) in [4.78, 5) is 15.3. The molecule has 3 nitrogen and oxygen atoms in total. The molecule has 0 radical (unpaired) electrons. The molecule has 0 saturated carbocycles. The highest BCUT2D eigenvalue weighted by atomic mass is 16.2. The Balaban J connectivity index is 1.75. The summed E-state index contributed by atoms with van der Waals surface area (Å²) in [7, 11) is 0. The maximum Gasteiger partial charge on any atom is 0.256 e. The molecule has 3 heteroatoms. The van der Waals surface area contributed by atoms with E-state index in [0.29, 0.717) is 5.57 Å². The Morgan fingerprint density at radius 3 is 2.48 bits per heavy atom. The van der Waals surface area contributed by atoms with Crippen molar-refractivity contribution >= 4 is 23.2 Å². The van der Waals surface area contributed by atoms with Gasteiger partial charge in [0, 0.05) is 29.2 Å². The van der Waals surface area contributed by atoms with Gasteiger partial charge in [-0.25, -0.2) is 0 Å². The van der Waals surface area contributed by atoms with Gasteiger partial charge in [0.05, 0.1) is 0 Å². The number of hydrogen-bond donors (Lipinski definition) is 2. The van der Waals surface area contributed by atoms with Gasteiger partial charge >= 0.3 is 0 Å². The van der Waals surface area contributed by atoms with Crippen LogP contribution < -0.4 is 5.32 Å². The average Bonchev–Trinajstić information content (AvgIpc) is 3.16. The van der Waals surface area contributed by atoms with Gasteiger partial charge in [-0.1, -0.05) is 42.0 Å². The zero-order valence-corrected chi connectivity index (χ0v) is 12.8. The standard InChI is InChI=1S/C20H16N2O/c1-13-2-4-15(5-3-13)16-6-7-17-18(10-14-8-9-21-12-14)20(23)22-19(17)11-16/h2-12,21H,1H3,(H,22,23)/b18-10-. The fourth-order valence-electron chi connectivity index (χ4n) is 2.86. The summed E-state index contributed by atoms with van der Waals surface area (Å²) in [6, 6.07) is 16.5. The molecule has 0 aliphatic carbocycles. The molecule has 0 fully saturated rings. The molecule has 1 amide bonds. The van der Waals surface area contributed by atoms with Crippen molar-refractivity contribution in [2.24, 2.45) is 0 Å². The van der Waals surface area contributed by atoms with Gasteiger partial charge < -0.3 is 10.3 Å². The summed E-state index contributed by atoms with van der Waals surface area (Å²) in [6.07, 6.45) is 5.63. The van der Waals surface area contributed by atoms with Crippen molar-refractivity contribution in [2.75, 3.05) is 5.32 Å². The van der Waals surface area contributed by atoms with Crippen molar-refractivity contribution in [1.29, 1.82) is 0 Å². The van der Waals surface area contributed by atoms with Gasteiger partial charge in [0.25, 0.3) is 5.91 Å². The number of benzene rings is 2. The zero-order chi connectivity index (χ0) is 15.8. The summed E-state index contributed by atoms with van der Waals surface area (Å²) < 4.78 is 0. The minimum Gasteiger partial charge on any atom is -0.367 e. The molecule has 0 saturated heterocycles. The third kappa shape index (κ3) is 2.46. The minimum atomic E-state index is -0.0535. The quantitative estimate of drug-likeness (QED) is 0.673. The SMILES string of the molecule is Cc1ccc(-c2ccc3c(c2)NC(=O)/C3=C\c2cc[nH]c2)cc1. The van der Waals surface area contributed by atoms with E-state index in [1.807, 2.05) is 36.7 Å². The maximum atomic E-state index is 12.3. The van der Waals surface area contributed by atoms with Crippen LogP contribution in [0.3, 0.4) is 0 Å². The molecule has 0 atom stereocenters. The third-order valence-electron chi connectivity index (χ3n) is 4.12. The molecular formula is C20H16N2O. The number of aromatic nitrogens is 1. The Kier molecular flexibility index (Phi) is 3.12. The molecule has 0 spiro atoms. The first-order valence-electron chi connectivity index (χ1n) is 7.58. The fourth-order valence-corrected chi connectivity index (χ4v) is 2.86. The van der Waals surface area contributed by atoms with Crippen molar-refractivity contribution in [2.45, 2.75) is 6.92 Å². The smallest absolute Gasteiger partial charge is 0.256 e. The Bertz CT molecular complexity index is 903. The van der Waals surface area contributed by atoms with E-state index in [0.717, 1.165) is 27.9 Å². The van der Waals surface area contributed by atoms with Crippen LogP contribution in [0.25, 0.3) is 22.8 Å². The first kappa shape index (κ1) is 13.6. The highest BCUT2D eigenvalue weighted by Crippen LogP contribution is 2.36. The largest absolute Gasteiger partial charge is 0.367 e. The number of carbonyl (C=O) groups excluding carboxylic acids is 1. The molecule has 1 aliphatic heterocycles. The van der Waals surface area contributed by atoms with E-state index in [4.69, 9.17) is 0 Å². The van der Waals surface area contributed by atoms with Gasteiger partial charge in [-0.15, -0.1) is 0 Å². The average molecular weight is 300 g/mol. The number of amides is 1. The summed E-state index contributed by atoms with van der Waals surface area (Å²) in [5, 5.41) is 2.96. The summed E-state index contributed by atoms with van der Waals surface area (Å²) in [6.45, 7) is 2.07. The second-order valence-corrected chi connectivity index (χ2v) is 5.78. The van der Waals surface area contributed by atoms with Crippen LogP contribution in [0.5, 0.6) is 0 Å². The van der Waals surface area contributed by atoms with Crippen molar-refractivity contribution in [3.63, 3.8) is 0 Å². The normalized spacial score (nSPS) is 14.8. The van der Waals surface area contributed by atoms with Crippen molar-refractivity contribution in [3.8, 4) is 11.1 Å². The monoisotopic (exact) mass is 300 g/mol. The lowest BCUT2D eigenvalue weighted by Crippen LogP contribution is -2.03. The van der Waals surface area contributed by atoms with Gasteiger partial charge in [-0.05, 0) is 41.8 Å². The number of aryl methyl sites for hydroxylation is 1. The van der Waals surface area contributed by atoms with Gasteiger partial charge in [0.1, 0.15) is 0 Å². The number of nitrogens with one attached hydrogen (secondary N) is 2. The highest BCUT2D eigenvalue weighted by Gasteiger charge is 2.24. The molecule has 2 N–H and O–H groups in total. The first-order valence-corrected chi connectivity index (χ1v) is 7.58. The fraction of sp³-hybridized carbons (Fsp3) is 0.0500. The lowest BCUT2D eigenvalue weighted by atomic mass is 9.99. The number of fused-ring (bicyclic) bond motifs is 1. The van der Waals surface area contributed by atoms with E-state index in [2.05, 4.69) is 47.6 Å². The minimum absolute atomic E-state index is 0.0535. The first-order chi connectivity index (χ1) is 11.2. The van der Waals surface area contributed by atoms with E-state index in [-0.39, 0.29) is 5.91 Å². The summed E-state index contributed by atoms with van der Waals surface area (Å²) in [5.74, 6) is -0.0535. The number of rotatable bonds is 2. The topological polar surface area (TPSA) is 44.9 Å². The lowest BCUT2D eigenvalue weighted by Gasteiger charge is -2.05. The van der Waals surface area contributed by atoms with E-state index in [1.165, 1.54) is 5.56 Å². The molecule has 3 aromatic rings. The third-order valence-corrected chi connectivity index (χ3v) is 4.12. The predicted octanol–water partition coefficient (Wildman–Crippen LogP) is 4.48. The van der Waals surface area contributed by atoms with Crippen LogP contribution in [0, 0.1) is 6.92 Å². The molecule has 112 valence electrons. The van der Waals surface area contributed by atoms with E-state index < -0.39 is 0 Å². The van der Waals surface area contributed by atoms with Crippen LogP contribution >= 0.6 is 0 Å². The van der Waals surface area contributed by atoms with Crippen LogP contribution in [0.2, 0.25) is 0 Å². The maximum absolute atomic E-state index is 12.3. The van der Waals surface area contributed by atoms with Crippen LogP contribution in [0.1, 0.15) is 16.7 Å². The Morgan fingerprint density at radius 2 is 1.74 bits per heavy atom. The van der Waals surface area contributed by atoms with Crippen LogP contribution in [0.15, 0.2) is 60.9 Å². The van der Waals surface area contributed by atoms with Gasteiger partial charge in [-0.3, -0.25) is 4.79 Å². The molecule has 1 aromatic heterocycles. The highest BCUT2D eigenvalue weighted by molar-refractivity contribution is 6.35. The zero-order valence-electron chi connectivity index (χ0n) is 12.8. The Morgan fingerprint density at radius 1 is 0.957 bits per heavy atom. The molecule has 0 unspecified atom stereocenters. The Labute approximate surface area is 134 Å². The van der Waals surface area contributed by atoms with E-state index in [1.54, 1.807) is 0 Å². The molecule has 2 aromatic carbocycles. The second kappa shape index (κ2) is 5.29. The lowest BCUT2D eigenvalue weighted by molar-refractivity contribution is -0.110. The second-order valence-electron chi connectivity index (χ2n) is 5.78. The number of hydrogen-bond acceptors (Lipinski definition) is 1. The predicted molar refractivity (Wildman–Crippen MR) is 93.9 cm³/mol. The summed E-state index contributed by atoms with van der Waals surface area (Å²) >= 11 is 0. The van der Waals surface area contributed by atoms with Crippen molar-refractivity contribution in [1.82, 2.24) is 4.98 Å². The molecule has 1 aliphatic rings. The van der Waals surface area contributed by atoms with Crippen LogP contribution in [-0.4, -0.2) is 10.9 Å². The number of H-pyrrole nitrogens is 1. The van der Waals surface area contributed by atoms with Crippen LogP contribution in [0.4, 0.5) is 5.69 Å². The van der Waals surface area contributed by atoms with Gasteiger partial charge in [0.15, 0.2) is 0 Å². The molecular weight excluding hydrogens is 284 g/mol. The molecule has 4 rings (SSSR count). The van der Waals surface area contributed by atoms with Gasteiger partial charge in [-0.2, -0.15) is 0 Å². The number of aromatic amines is 1. The molecule has 2 heterocycles. The van der Waals surface area contributed by atoms with Crippen molar-refractivity contribution in [3.05, 3.63) is 77.6 Å². The molecule has 0 bridgehead atoms. The van der Waals surface area contributed by atoms with E-state index in [9.17, 15) is 4.79 Å². The van der Waals surface area contributed by atoms with E-state index >= 15 is 0 Å². The van der Waals surface area contributed by atoms with Crippen LogP contribution in [-0.2, 0) is 4.79 Å². The summed E-state index contributed by atoms with van der Waals surface area (Å²) in [5.41, 5.74) is 7.00. The number of anilines is 1. The number of carbonyl (C=O) groups is 1. The Hall–Kier alpha value is -3.07. The molecule has 23 heavy (non-hydrogen) atoms.